The molecule has 1 aliphatic heterocycles. The van der Waals surface area contributed by atoms with Crippen molar-refractivity contribution in [3.63, 3.8) is 0 Å². The van der Waals surface area contributed by atoms with Gasteiger partial charge in [-0.25, -0.2) is 14.5 Å². The highest BCUT2D eigenvalue weighted by atomic mass is 35.5. The van der Waals surface area contributed by atoms with Gasteiger partial charge in [0.05, 0.1) is 24.6 Å². The first-order chi connectivity index (χ1) is 8.74. The maximum atomic E-state index is 12.1. The fraction of sp³-hybridized carbons (Fsp3) is 0.455. The summed E-state index contributed by atoms with van der Waals surface area (Å²) in [7, 11) is 0. The van der Waals surface area contributed by atoms with E-state index in [0.29, 0.717) is 17.4 Å². The zero-order valence-electron chi connectivity index (χ0n) is 9.71. The number of fused-ring (bicyclic) bond motifs is 1. The fourth-order valence-electron chi connectivity index (χ4n) is 2.13. The van der Waals surface area contributed by atoms with Crippen LogP contribution in [-0.2, 0) is 19.5 Å². The van der Waals surface area contributed by atoms with Crippen LogP contribution in [0.1, 0.15) is 24.4 Å². The van der Waals surface area contributed by atoms with Gasteiger partial charge < -0.3 is 0 Å². The van der Waals surface area contributed by atoms with Crippen molar-refractivity contribution in [1.82, 2.24) is 24.3 Å². The minimum absolute atomic E-state index is 0.0681. The lowest BCUT2D eigenvalue weighted by Gasteiger charge is -2.09. The maximum absolute atomic E-state index is 12.1. The highest BCUT2D eigenvalue weighted by Crippen LogP contribution is 2.10. The van der Waals surface area contributed by atoms with Gasteiger partial charge in [0.1, 0.15) is 11.0 Å². The Bertz CT molecular complexity index is 615. The molecular weight excluding hydrogens is 254 g/mol. The number of halogens is 1. The SMILES string of the molecule is O=c1n(Cc2cnc(Cl)cn2)nc2n1CCCC2. The molecule has 7 heteroatoms. The molecule has 0 saturated carbocycles. The van der Waals surface area contributed by atoms with E-state index >= 15 is 0 Å². The van der Waals surface area contributed by atoms with Crippen LogP contribution in [0.5, 0.6) is 0 Å². The number of nitrogens with zero attached hydrogens (tertiary/aromatic N) is 5. The zero-order chi connectivity index (χ0) is 12.5. The van der Waals surface area contributed by atoms with Crippen LogP contribution < -0.4 is 5.69 Å². The van der Waals surface area contributed by atoms with Gasteiger partial charge in [-0.1, -0.05) is 11.6 Å². The number of hydrogen-bond acceptors (Lipinski definition) is 4. The van der Waals surface area contributed by atoms with Crippen molar-refractivity contribution >= 4 is 11.6 Å². The summed E-state index contributed by atoms with van der Waals surface area (Å²) in [4.78, 5) is 20.1. The number of aromatic nitrogens is 5. The van der Waals surface area contributed by atoms with Crippen molar-refractivity contribution in [2.45, 2.75) is 32.4 Å². The summed E-state index contributed by atoms with van der Waals surface area (Å²) < 4.78 is 3.19. The van der Waals surface area contributed by atoms with Crippen LogP contribution in [0.2, 0.25) is 5.15 Å². The molecule has 0 N–H and O–H groups in total. The van der Waals surface area contributed by atoms with Gasteiger partial charge in [-0.05, 0) is 12.8 Å². The van der Waals surface area contributed by atoms with E-state index in [1.54, 1.807) is 10.8 Å². The number of aryl methyl sites for hydroxylation is 1. The Hall–Kier alpha value is -1.69. The molecule has 3 heterocycles. The third-order valence-electron chi connectivity index (χ3n) is 3.02. The van der Waals surface area contributed by atoms with Gasteiger partial charge in [0, 0.05) is 13.0 Å². The van der Waals surface area contributed by atoms with Crippen LogP contribution in [-0.4, -0.2) is 24.3 Å². The standard InChI is InChI=1S/C11H12ClN5O/c12-9-6-13-8(5-14-9)7-17-11(18)16-4-2-1-3-10(16)15-17/h5-6H,1-4,7H2. The Kier molecular flexibility index (Phi) is 2.87. The first-order valence-corrected chi connectivity index (χ1v) is 6.25. The second-order valence-electron chi connectivity index (χ2n) is 4.30. The van der Waals surface area contributed by atoms with E-state index < -0.39 is 0 Å². The summed E-state index contributed by atoms with van der Waals surface area (Å²) in [6.07, 6.45) is 6.04. The zero-order valence-corrected chi connectivity index (χ0v) is 10.5. The molecule has 2 aromatic rings. The Morgan fingerprint density at radius 2 is 2.17 bits per heavy atom. The van der Waals surface area contributed by atoms with Crippen LogP contribution in [0.15, 0.2) is 17.2 Å². The summed E-state index contributed by atoms with van der Waals surface area (Å²) >= 11 is 5.67. The van der Waals surface area contributed by atoms with Gasteiger partial charge in [0.25, 0.3) is 0 Å². The van der Waals surface area contributed by atoms with Gasteiger partial charge in [0.15, 0.2) is 0 Å². The Morgan fingerprint density at radius 1 is 1.28 bits per heavy atom. The predicted octanol–water partition coefficient (Wildman–Crippen LogP) is 0.873. The van der Waals surface area contributed by atoms with Crippen molar-refractivity contribution in [1.29, 1.82) is 0 Å². The van der Waals surface area contributed by atoms with Crippen molar-refractivity contribution in [2.24, 2.45) is 0 Å². The van der Waals surface area contributed by atoms with Crippen molar-refractivity contribution in [3.05, 3.63) is 39.5 Å². The van der Waals surface area contributed by atoms with Crippen LogP contribution >= 0.6 is 11.6 Å². The third-order valence-corrected chi connectivity index (χ3v) is 3.21. The van der Waals surface area contributed by atoms with E-state index in [1.165, 1.54) is 10.9 Å². The highest BCUT2D eigenvalue weighted by Gasteiger charge is 2.16. The quantitative estimate of drug-likeness (QED) is 0.808. The summed E-state index contributed by atoms with van der Waals surface area (Å²) in [6, 6.07) is 0. The van der Waals surface area contributed by atoms with Crippen LogP contribution in [0, 0.1) is 0 Å². The molecule has 0 bridgehead atoms. The minimum Gasteiger partial charge on any atom is -0.279 e. The van der Waals surface area contributed by atoms with Gasteiger partial charge >= 0.3 is 5.69 Å². The lowest BCUT2D eigenvalue weighted by Crippen LogP contribution is -2.27. The monoisotopic (exact) mass is 265 g/mol. The van der Waals surface area contributed by atoms with E-state index in [4.69, 9.17) is 11.6 Å². The number of hydrogen-bond donors (Lipinski definition) is 0. The lowest BCUT2D eigenvalue weighted by atomic mass is 10.2. The molecule has 0 fully saturated rings. The van der Waals surface area contributed by atoms with Gasteiger partial charge in [-0.15, -0.1) is 0 Å². The first-order valence-electron chi connectivity index (χ1n) is 5.87. The van der Waals surface area contributed by atoms with Crippen LogP contribution in [0.3, 0.4) is 0 Å². The van der Waals surface area contributed by atoms with E-state index in [0.717, 1.165) is 31.6 Å². The maximum Gasteiger partial charge on any atom is 0.346 e. The van der Waals surface area contributed by atoms with E-state index in [2.05, 4.69) is 15.1 Å². The lowest BCUT2D eigenvalue weighted by molar-refractivity contribution is 0.511. The molecule has 94 valence electrons. The summed E-state index contributed by atoms with van der Waals surface area (Å²) in [5, 5.41) is 4.68. The summed E-state index contributed by atoms with van der Waals surface area (Å²) in [6.45, 7) is 1.10. The summed E-state index contributed by atoms with van der Waals surface area (Å²) in [5.74, 6) is 0.869. The van der Waals surface area contributed by atoms with Crippen LogP contribution in [0.4, 0.5) is 0 Å². The second kappa shape index (κ2) is 4.53. The Morgan fingerprint density at radius 3 is 2.89 bits per heavy atom. The molecule has 0 unspecified atom stereocenters. The average molecular weight is 266 g/mol. The molecule has 2 aromatic heterocycles. The molecule has 0 amide bonds. The summed E-state index contributed by atoms with van der Waals surface area (Å²) in [5.41, 5.74) is 0.610. The van der Waals surface area contributed by atoms with Gasteiger partial charge in [0.2, 0.25) is 0 Å². The molecule has 0 atom stereocenters. The predicted molar refractivity (Wildman–Crippen MR) is 65.6 cm³/mol. The van der Waals surface area contributed by atoms with E-state index in [9.17, 15) is 4.79 Å². The van der Waals surface area contributed by atoms with E-state index in [1.807, 2.05) is 0 Å². The van der Waals surface area contributed by atoms with Crippen molar-refractivity contribution in [2.75, 3.05) is 0 Å². The molecule has 6 nitrogen and oxygen atoms in total. The number of rotatable bonds is 2. The third kappa shape index (κ3) is 2.03. The topological polar surface area (TPSA) is 65.6 Å². The fourth-order valence-corrected chi connectivity index (χ4v) is 2.22. The van der Waals surface area contributed by atoms with Crippen LogP contribution in [0.25, 0.3) is 0 Å². The van der Waals surface area contributed by atoms with Gasteiger partial charge in [-0.2, -0.15) is 5.10 Å². The highest BCUT2D eigenvalue weighted by molar-refractivity contribution is 6.29. The average Bonchev–Trinajstić information content (AvgIpc) is 2.70. The van der Waals surface area contributed by atoms with Crippen molar-refractivity contribution < 1.29 is 0 Å². The molecule has 0 spiro atoms. The smallest absolute Gasteiger partial charge is 0.279 e. The van der Waals surface area contributed by atoms with Crippen molar-refractivity contribution in [3.8, 4) is 0 Å². The first kappa shape index (κ1) is 11.4. The molecule has 3 rings (SSSR count). The van der Waals surface area contributed by atoms with E-state index in [-0.39, 0.29) is 5.69 Å². The molecule has 18 heavy (non-hydrogen) atoms. The second-order valence-corrected chi connectivity index (χ2v) is 4.68. The van der Waals surface area contributed by atoms with Gasteiger partial charge in [-0.3, -0.25) is 9.55 Å². The molecule has 1 aliphatic rings. The Labute approximate surface area is 108 Å². The largest absolute Gasteiger partial charge is 0.346 e. The Balaban J connectivity index is 1.91. The molecule has 0 aromatic carbocycles. The molecule has 0 aliphatic carbocycles. The normalized spacial score (nSPS) is 14.5. The molecule has 0 radical (unpaired) electrons. The molecular formula is C11H12ClN5O. The molecule has 0 saturated heterocycles. The minimum atomic E-state index is -0.0681.